The predicted molar refractivity (Wildman–Crippen MR) is 122 cm³/mol. The largest absolute Gasteiger partial charge is 0.380 e. The Morgan fingerprint density at radius 1 is 1.10 bits per heavy atom. The highest BCUT2D eigenvalue weighted by Gasteiger charge is 2.55. The van der Waals surface area contributed by atoms with Crippen LogP contribution in [0.15, 0.2) is 36.5 Å². The monoisotopic (exact) mass is 422 g/mol. The van der Waals surface area contributed by atoms with Crippen molar-refractivity contribution in [2.75, 3.05) is 31.6 Å². The van der Waals surface area contributed by atoms with Gasteiger partial charge in [-0.15, -0.1) is 5.10 Å². The molecule has 1 amide bonds. The van der Waals surface area contributed by atoms with Crippen molar-refractivity contribution >= 4 is 11.7 Å². The van der Waals surface area contributed by atoms with Crippen LogP contribution in [0.2, 0.25) is 0 Å². The maximum Gasteiger partial charge on any atom is 0.233 e. The van der Waals surface area contributed by atoms with E-state index in [9.17, 15) is 9.90 Å². The Kier molecular flexibility index (Phi) is 5.22. The molecule has 0 radical (unpaired) electrons. The van der Waals surface area contributed by atoms with Crippen molar-refractivity contribution < 1.29 is 9.90 Å². The number of carbonyl (C=O) groups is 1. The van der Waals surface area contributed by atoms with Gasteiger partial charge in [-0.05, 0) is 36.6 Å². The molecule has 1 aromatic heterocycles. The summed E-state index contributed by atoms with van der Waals surface area (Å²) in [7, 11) is 2.06. The molecule has 2 aliphatic heterocycles. The van der Waals surface area contributed by atoms with Gasteiger partial charge in [-0.1, -0.05) is 58.9 Å². The van der Waals surface area contributed by atoms with Crippen LogP contribution in [0.1, 0.15) is 63.6 Å². The highest BCUT2D eigenvalue weighted by molar-refractivity contribution is 5.98. The molecule has 2 saturated heterocycles. The maximum absolute atomic E-state index is 12.9. The second-order valence-electron chi connectivity index (χ2n) is 10.6. The summed E-state index contributed by atoms with van der Waals surface area (Å²) >= 11 is 0. The van der Waals surface area contributed by atoms with E-state index in [0.717, 1.165) is 25.1 Å². The van der Waals surface area contributed by atoms with Gasteiger partial charge in [-0.25, -0.2) is 0 Å². The van der Waals surface area contributed by atoms with Crippen LogP contribution in [-0.4, -0.2) is 52.8 Å². The van der Waals surface area contributed by atoms with Gasteiger partial charge in [0, 0.05) is 36.0 Å². The summed E-state index contributed by atoms with van der Waals surface area (Å²) in [5, 5.41) is 20.8. The van der Waals surface area contributed by atoms with E-state index >= 15 is 0 Å². The molecule has 1 atom stereocenters. The fraction of sp³-hybridized carbons (Fsp3) is 0.560. The fourth-order valence-electron chi connectivity index (χ4n) is 5.22. The number of carbonyl (C=O) groups excluding carboxylic acids is 1. The van der Waals surface area contributed by atoms with Gasteiger partial charge in [0.2, 0.25) is 5.91 Å². The van der Waals surface area contributed by atoms with Gasteiger partial charge in [0.15, 0.2) is 5.82 Å². The first kappa shape index (κ1) is 21.9. The summed E-state index contributed by atoms with van der Waals surface area (Å²) in [5.74, 6) is 0.992. The van der Waals surface area contributed by atoms with Crippen LogP contribution in [0.25, 0.3) is 0 Å². The lowest BCUT2D eigenvalue weighted by Crippen LogP contribution is -2.63. The minimum atomic E-state index is -1.24. The molecule has 1 N–H and O–H groups in total. The van der Waals surface area contributed by atoms with Crippen molar-refractivity contribution in [3.8, 4) is 0 Å². The zero-order chi connectivity index (χ0) is 22.6. The zero-order valence-corrected chi connectivity index (χ0v) is 19.5. The van der Waals surface area contributed by atoms with E-state index in [1.54, 1.807) is 11.1 Å². The average molecular weight is 423 g/mol. The molecule has 0 bridgehead atoms. The van der Waals surface area contributed by atoms with Crippen LogP contribution in [0.3, 0.4) is 0 Å². The Hall–Kier alpha value is -2.31. The summed E-state index contributed by atoms with van der Waals surface area (Å²) in [4.78, 5) is 16.8. The molecule has 2 fully saturated rings. The lowest BCUT2D eigenvalue weighted by atomic mass is 9.62. The zero-order valence-electron chi connectivity index (χ0n) is 19.5. The molecule has 2 aliphatic rings. The Labute approximate surface area is 185 Å². The molecule has 0 aliphatic carbocycles. The van der Waals surface area contributed by atoms with Crippen LogP contribution in [0.4, 0.5) is 5.82 Å². The number of anilines is 1. The van der Waals surface area contributed by atoms with Crippen LogP contribution in [0, 0.1) is 10.8 Å². The Bertz CT molecular complexity index is 979. The predicted octanol–water partition coefficient (Wildman–Crippen LogP) is 3.55. The van der Waals surface area contributed by atoms with Gasteiger partial charge < -0.3 is 10.0 Å². The number of nitrogens with zero attached hydrogens (tertiary/aromatic N) is 4. The Morgan fingerprint density at radius 3 is 2.26 bits per heavy atom. The van der Waals surface area contributed by atoms with Crippen LogP contribution in [-0.2, 0) is 10.4 Å². The first-order valence-electron chi connectivity index (χ1n) is 11.1. The second kappa shape index (κ2) is 7.38. The summed E-state index contributed by atoms with van der Waals surface area (Å²) in [6, 6.07) is 10.1. The summed E-state index contributed by atoms with van der Waals surface area (Å²) < 4.78 is 0. The van der Waals surface area contributed by atoms with Crippen LogP contribution >= 0.6 is 0 Å². The van der Waals surface area contributed by atoms with E-state index in [2.05, 4.69) is 55.0 Å². The van der Waals surface area contributed by atoms with Crippen LogP contribution in [0.5, 0.6) is 0 Å². The summed E-state index contributed by atoms with van der Waals surface area (Å²) in [5.41, 5.74) is 0.750. The van der Waals surface area contributed by atoms with E-state index in [4.69, 9.17) is 0 Å². The maximum atomic E-state index is 12.9. The number of hydrogen-bond acceptors (Lipinski definition) is 5. The van der Waals surface area contributed by atoms with Crippen molar-refractivity contribution in [3.63, 3.8) is 0 Å². The molecular weight excluding hydrogens is 388 g/mol. The van der Waals surface area contributed by atoms with E-state index < -0.39 is 11.0 Å². The third-order valence-corrected chi connectivity index (χ3v) is 7.23. The number of rotatable bonds is 5. The molecule has 0 saturated carbocycles. The highest BCUT2D eigenvalue weighted by atomic mass is 16.3. The summed E-state index contributed by atoms with van der Waals surface area (Å²) in [6.45, 7) is 12.5. The minimum Gasteiger partial charge on any atom is -0.380 e. The molecule has 166 valence electrons. The molecule has 0 unspecified atom stereocenters. The molecule has 6 heteroatoms. The molecule has 6 nitrogen and oxygen atoms in total. The molecule has 2 aromatic rings. The smallest absolute Gasteiger partial charge is 0.233 e. The first-order valence-corrected chi connectivity index (χ1v) is 11.1. The fourth-order valence-corrected chi connectivity index (χ4v) is 5.22. The average Bonchev–Trinajstić information content (AvgIpc) is 2.99. The van der Waals surface area contributed by atoms with Gasteiger partial charge in [0.1, 0.15) is 5.60 Å². The number of amides is 1. The third kappa shape index (κ3) is 3.46. The van der Waals surface area contributed by atoms with Gasteiger partial charge in [0.05, 0.1) is 6.20 Å². The number of hydrogen-bond donors (Lipinski definition) is 1. The first-order chi connectivity index (χ1) is 14.5. The molecule has 4 rings (SSSR count). The van der Waals surface area contributed by atoms with E-state index in [0.29, 0.717) is 23.8 Å². The third-order valence-electron chi connectivity index (χ3n) is 7.23. The van der Waals surface area contributed by atoms with Crippen LogP contribution < -0.4 is 4.90 Å². The minimum absolute atomic E-state index is 0.0540. The van der Waals surface area contributed by atoms with Crippen molar-refractivity contribution in [1.82, 2.24) is 15.1 Å². The van der Waals surface area contributed by atoms with Crippen molar-refractivity contribution in [1.29, 1.82) is 0 Å². The van der Waals surface area contributed by atoms with Crippen molar-refractivity contribution in [3.05, 3.63) is 53.2 Å². The SMILES string of the molecule is CC(C)c1ccc([C@](O)(c2cnnc(N3CCC(C)(C)C3=O)c2)C2(C)CN(C)C2)cc1. The standard InChI is InChI=1S/C25H34N4O2/c1-17(2)18-7-9-19(10-8-18)25(31,24(5)15-28(6)16-24)20-13-21(27-26-14-20)29-12-11-23(3,4)22(29)30/h7-10,13-14,17,31H,11-12,15-16H2,1-6H3/t25-/m0/s1. The normalized spacial score (nSPS) is 22.5. The molecule has 31 heavy (non-hydrogen) atoms. The van der Waals surface area contributed by atoms with Gasteiger partial charge in [-0.2, -0.15) is 5.10 Å². The van der Waals surface area contributed by atoms with E-state index in [1.807, 2.05) is 32.0 Å². The molecular formula is C25H34N4O2. The lowest BCUT2D eigenvalue weighted by molar-refractivity contribution is -0.127. The quantitative estimate of drug-likeness (QED) is 0.798. The van der Waals surface area contributed by atoms with Gasteiger partial charge in [-0.3, -0.25) is 9.69 Å². The van der Waals surface area contributed by atoms with Crippen molar-refractivity contribution in [2.24, 2.45) is 10.8 Å². The lowest BCUT2D eigenvalue weighted by Gasteiger charge is -2.55. The second-order valence-corrected chi connectivity index (χ2v) is 10.6. The summed E-state index contributed by atoms with van der Waals surface area (Å²) in [6.07, 6.45) is 2.43. The molecule has 0 spiro atoms. The Morgan fingerprint density at radius 2 is 1.74 bits per heavy atom. The molecule has 1 aromatic carbocycles. The topological polar surface area (TPSA) is 69.6 Å². The van der Waals surface area contributed by atoms with Gasteiger partial charge >= 0.3 is 0 Å². The highest BCUT2D eigenvalue weighted by Crippen LogP contribution is 2.50. The van der Waals surface area contributed by atoms with E-state index in [-0.39, 0.29) is 11.3 Å². The number of aromatic nitrogens is 2. The van der Waals surface area contributed by atoms with Crippen molar-refractivity contribution in [2.45, 2.75) is 52.6 Å². The number of benzene rings is 1. The Balaban J connectivity index is 1.79. The molecule has 3 heterocycles. The van der Waals surface area contributed by atoms with Gasteiger partial charge in [0.25, 0.3) is 0 Å². The van der Waals surface area contributed by atoms with E-state index in [1.165, 1.54) is 5.56 Å². The number of aliphatic hydroxyl groups is 1. The number of likely N-dealkylation sites (tertiary alicyclic amines) is 1.